The van der Waals surface area contributed by atoms with Crippen molar-refractivity contribution in [2.24, 2.45) is 5.73 Å². The summed E-state index contributed by atoms with van der Waals surface area (Å²) < 4.78 is 0. The summed E-state index contributed by atoms with van der Waals surface area (Å²) >= 11 is 0. The van der Waals surface area contributed by atoms with Gasteiger partial charge in [-0.25, -0.2) is 0 Å². The second kappa shape index (κ2) is 10.4. The SMILES string of the molecule is N=C(N)NCCC[C@H](NC(=O)c1ccccc1)C(=O)N([N+]=O)c1ccccc1. The number of para-hydroxylation sites is 1. The number of hydrogen-bond acceptors (Lipinski definition) is 5. The second-order valence-corrected chi connectivity index (χ2v) is 5.94. The van der Waals surface area contributed by atoms with Gasteiger partial charge in [0.15, 0.2) is 5.96 Å². The van der Waals surface area contributed by atoms with Gasteiger partial charge in [-0.3, -0.25) is 15.0 Å². The van der Waals surface area contributed by atoms with E-state index in [9.17, 15) is 14.5 Å². The molecule has 9 nitrogen and oxygen atoms in total. The molecule has 0 spiro atoms. The van der Waals surface area contributed by atoms with Gasteiger partial charge in [-0.2, -0.15) is 0 Å². The molecule has 0 saturated carbocycles. The molecule has 5 N–H and O–H groups in total. The Kier molecular flexibility index (Phi) is 7.64. The van der Waals surface area contributed by atoms with Gasteiger partial charge >= 0.3 is 11.2 Å². The van der Waals surface area contributed by atoms with Crippen LogP contribution in [0.3, 0.4) is 0 Å². The molecule has 0 aliphatic rings. The quantitative estimate of drug-likeness (QED) is 0.222. The van der Waals surface area contributed by atoms with Crippen LogP contribution in [0.2, 0.25) is 0 Å². The summed E-state index contributed by atoms with van der Waals surface area (Å²) in [5.41, 5.74) is 5.95. The predicted octanol–water partition coefficient (Wildman–Crippen LogP) is 1.10. The minimum absolute atomic E-state index is 0.184. The van der Waals surface area contributed by atoms with Gasteiger partial charge in [-0.15, -0.1) is 0 Å². The summed E-state index contributed by atoms with van der Waals surface area (Å²) in [4.78, 5) is 36.7. The molecular weight excluding hydrogens is 360 g/mol. The van der Waals surface area contributed by atoms with Crippen molar-refractivity contribution in [3.63, 3.8) is 0 Å². The van der Waals surface area contributed by atoms with E-state index in [-0.39, 0.29) is 12.4 Å². The fourth-order valence-corrected chi connectivity index (χ4v) is 2.55. The number of rotatable bonds is 9. The fourth-order valence-electron chi connectivity index (χ4n) is 2.55. The normalized spacial score (nSPS) is 11.1. The zero-order chi connectivity index (χ0) is 20.4. The monoisotopic (exact) mass is 382 g/mol. The van der Waals surface area contributed by atoms with E-state index in [1.807, 2.05) is 0 Å². The number of nitrogens with one attached hydrogen (secondary N) is 3. The Morgan fingerprint density at radius 1 is 1.07 bits per heavy atom. The van der Waals surface area contributed by atoms with Crippen LogP contribution in [-0.2, 0) is 4.79 Å². The number of hydrogen-bond donors (Lipinski definition) is 4. The van der Waals surface area contributed by atoms with Gasteiger partial charge < -0.3 is 16.4 Å². The maximum absolute atomic E-state index is 12.9. The molecule has 1 atom stereocenters. The van der Waals surface area contributed by atoms with E-state index >= 15 is 0 Å². The first-order valence-electron chi connectivity index (χ1n) is 8.69. The summed E-state index contributed by atoms with van der Waals surface area (Å²) in [6.07, 6.45) is 0.670. The Balaban J connectivity index is 2.15. The number of nitrogens with zero attached hydrogens (tertiary/aromatic N) is 2. The molecule has 2 rings (SSSR count). The lowest BCUT2D eigenvalue weighted by atomic mass is 10.1. The average molecular weight is 382 g/mol. The predicted molar refractivity (Wildman–Crippen MR) is 106 cm³/mol. The van der Waals surface area contributed by atoms with Crippen LogP contribution in [0, 0.1) is 10.3 Å². The van der Waals surface area contributed by atoms with Crippen LogP contribution in [-0.4, -0.2) is 30.4 Å². The smallest absolute Gasteiger partial charge is 0.370 e. The minimum atomic E-state index is -0.973. The third-order valence-electron chi connectivity index (χ3n) is 3.92. The number of nitroso groups, excluding NO2 is 1. The number of anilines is 1. The third-order valence-corrected chi connectivity index (χ3v) is 3.92. The van der Waals surface area contributed by atoms with E-state index < -0.39 is 17.9 Å². The van der Waals surface area contributed by atoms with E-state index in [0.29, 0.717) is 24.2 Å². The molecule has 0 aliphatic heterocycles. The van der Waals surface area contributed by atoms with E-state index in [4.69, 9.17) is 11.1 Å². The summed E-state index contributed by atoms with van der Waals surface area (Å²) in [6.45, 7) is 0.347. The Labute approximate surface area is 162 Å². The molecule has 2 amide bonds. The molecule has 0 aromatic heterocycles. The van der Waals surface area contributed by atoms with E-state index in [1.54, 1.807) is 60.7 Å². The zero-order valence-corrected chi connectivity index (χ0v) is 15.2. The van der Waals surface area contributed by atoms with Crippen molar-refractivity contribution in [1.82, 2.24) is 15.9 Å². The molecule has 0 unspecified atom stereocenters. The molecule has 1 radical (unpaired) electrons. The van der Waals surface area contributed by atoms with Gasteiger partial charge in [0, 0.05) is 17.1 Å². The van der Waals surface area contributed by atoms with Crippen LogP contribution in [0.4, 0.5) is 5.69 Å². The Morgan fingerprint density at radius 2 is 1.68 bits per heavy atom. The van der Waals surface area contributed by atoms with Crippen molar-refractivity contribution in [2.75, 3.05) is 11.6 Å². The van der Waals surface area contributed by atoms with E-state index in [2.05, 4.69) is 15.9 Å². The van der Waals surface area contributed by atoms with Crippen molar-refractivity contribution in [3.8, 4) is 0 Å². The number of guanidine groups is 1. The van der Waals surface area contributed by atoms with E-state index in [0.717, 1.165) is 5.01 Å². The first kappa shape index (κ1) is 20.6. The topological polar surface area (TPSA) is 142 Å². The van der Waals surface area contributed by atoms with Crippen LogP contribution >= 0.6 is 0 Å². The van der Waals surface area contributed by atoms with Crippen LogP contribution in [0.25, 0.3) is 0 Å². The number of benzene rings is 2. The average Bonchev–Trinajstić information content (AvgIpc) is 2.72. The number of nitrogens with two attached hydrogens (primary N) is 1. The van der Waals surface area contributed by atoms with Gasteiger partial charge in [0.05, 0.1) is 0 Å². The lowest BCUT2D eigenvalue weighted by Gasteiger charge is -2.18. The first-order chi connectivity index (χ1) is 13.5. The molecule has 9 heteroatoms. The number of amides is 2. The number of carbonyl (C=O) groups excluding carboxylic acids is 2. The largest absolute Gasteiger partial charge is 0.494 e. The molecule has 0 heterocycles. The highest BCUT2D eigenvalue weighted by molar-refractivity contribution is 6.01. The summed E-state index contributed by atoms with van der Waals surface area (Å²) in [7, 11) is 0. The van der Waals surface area contributed by atoms with Gasteiger partial charge in [-0.1, -0.05) is 36.4 Å². The van der Waals surface area contributed by atoms with Crippen molar-refractivity contribution in [3.05, 3.63) is 71.1 Å². The van der Waals surface area contributed by atoms with Crippen LogP contribution in [0.1, 0.15) is 23.2 Å². The van der Waals surface area contributed by atoms with Crippen molar-refractivity contribution in [2.45, 2.75) is 18.9 Å². The first-order valence-corrected chi connectivity index (χ1v) is 8.69. The standard InChI is InChI=1S/C19H22N6O3/c20-19(21)22-13-7-12-16(23-17(26)14-8-3-1-4-9-14)18(27)25(24-28)15-10-5-2-6-11-15/h1-6,8-11,16H,7,12-13H2,(H,23,26)(H4,20,21,22)/q+1/t16-/m0/s1. The van der Waals surface area contributed by atoms with E-state index in [1.165, 1.54) is 0 Å². The Morgan fingerprint density at radius 3 is 2.25 bits per heavy atom. The molecule has 2 aromatic rings. The maximum Gasteiger partial charge on any atom is 0.494 e. The van der Waals surface area contributed by atoms with Gasteiger partial charge in [0.25, 0.3) is 5.91 Å². The van der Waals surface area contributed by atoms with Gasteiger partial charge in [0.2, 0.25) is 0 Å². The Hall–Kier alpha value is -3.75. The highest BCUT2D eigenvalue weighted by Gasteiger charge is 2.35. The van der Waals surface area contributed by atoms with Crippen molar-refractivity contribution < 1.29 is 9.59 Å². The molecule has 0 saturated heterocycles. The summed E-state index contributed by atoms with van der Waals surface area (Å²) in [6, 6.07) is 15.7. The van der Waals surface area contributed by atoms with Crippen LogP contribution in [0.15, 0.2) is 60.7 Å². The van der Waals surface area contributed by atoms with Crippen LogP contribution < -0.4 is 26.7 Å². The molecule has 0 fully saturated rings. The lowest BCUT2D eigenvalue weighted by molar-refractivity contribution is -0.121. The van der Waals surface area contributed by atoms with Gasteiger partial charge in [0.1, 0.15) is 16.6 Å². The second-order valence-electron chi connectivity index (χ2n) is 5.94. The molecule has 0 aliphatic carbocycles. The summed E-state index contributed by atoms with van der Waals surface area (Å²) in [5.74, 6) is -1.26. The minimum Gasteiger partial charge on any atom is -0.370 e. The Bertz CT molecular complexity index is 813. The third kappa shape index (κ3) is 5.90. The van der Waals surface area contributed by atoms with Crippen molar-refractivity contribution in [1.29, 1.82) is 5.41 Å². The highest BCUT2D eigenvalue weighted by atomic mass is 16.3. The number of carbonyl (C=O) groups is 2. The van der Waals surface area contributed by atoms with Gasteiger partial charge in [-0.05, 0) is 37.1 Å². The maximum atomic E-state index is 12.9. The summed E-state index contributed by atoms with van der Waals surface area (Å²) in [5, 5.41) is 16.0. The fraction of sp³-hybridized carbons (Fsp3) is 0.211. The molecule has 145 valence electrons. The molecule has 0 bridgehead atoms. The van der Waals surface area contributed by atoms with Crippen LogP contribution in [0.5, 0.6) is 0 Å². The van der Waals surface area contributed by atoms with Crippen molar-refractivity contribution >= 4 is 23.5 Å². The molecule has 2 aromatic carbocycles. The molecular formula is C19H22N6O3+. The lowest BCUT2D eigenvalue weighted by Crippen LogP contribution is -2.49. The zero-order valence-electron chi connectivity index (χ0n) is 15.2. The molecule has 28 heavy (non-hydrogen) atoms. The highest BCUT2D eigenvalue weighted by Crippen LogP contribution is 2.14.